The Bertz CT molecular complexity index is 1570. The van der Waals surface area contributed by atoms with Crippen LogP contribution in [0.1, 0.15) is 292 Å². The van der Waals surface area contributed by atoms with E-state index in [1.165, 1.54) is 83.5 Å². The highest BCUT2D eigenvalue weighted by Crippen LogP contribution is 2.45. The van der Waals surface area contributed by atoms with Gasteiger partial charge in [-0.3, -0.25) is 37.3 Å². The first-order valence-corrected chi connectivity index (χ1v) is 34.5. The molecule has 0 fully saturated rings. The standard InChI is InChI=1S/C60H116O17P2/c1-7-10-12-14-16-25-32-38-44-59(64)76-55(48-70-57(62)42-36-30-22-15-13-11-8-2)50-74-78(66,67)72-46-54(61)47-73-79(68,69)75-51-56(49-71-58(63)43-37-31-27-21-23-28-34-40-52(4)5)77-60(65)45-39-33-26-20-18-17-19-24-29-35-41-53(6)9-3/h52-56,61H,7-51H2,1-6H3,(H,66,67)(H,68,69)/t53?,54-,55+,56+/m0/s1. The summed E-state index contributed by atoms with van der Waals surface area (Å²) in [5.41, 5.74) is 0. The van der Waals surface area contributed by atoms with Crippen LogP contribution in [0, 0.1) is 11.8 Å². The normalized spacial score (nSPS) is 14.8. The van der Waals surface area contributed by atoms with Crippen molar-refractivity contribution in [1.29, 1.82) is 0 Å². The molecule has 0 bridgehead atoms. The maximum Gasteiger partial charge on any atom is 0.472 e. The van der Waals surface area contributed by atoms with Crippen LogP contribution in [-0.4, -0.2) is 96.7 Å². The van der Waals surface area contributed by atoms with Crippen LogP contribution in [0.4, 0.5) is 0 Å². The van der Waals surface area contributed by atoms with E-state index in [0.717, 1.165) is 121 Å². The molecule has 0 radical (unpaired) electrons. The summed E-state index contributed by atoms with van der Waals surface area (Å²) in [5, 5.41) is 10.5. The Kier molecular flexibility index (Phi) is 51.5. The fourth-order valence-electron chi connectivity index (χ4n) is 8.79. The molecule has 79 heavy (non-hydrogen) atoms. The minimum atomic E-state index is -4.94. The number of rotatable bonds is 59. The Morgan fingerprint density at radius 2 is 0.646 bits per heavy atom. The van der Waals surface area contributed by atoms with E-state index in [1.54, 1.807) is 0 Å². The Morgan fingerprint density at radius 1 is 0.367 bits per heavy atom. The third-order valence-corrected chi connectivity index (χ3v) is 16.0. The van der Waals surface area contributed by atoms with Crippen LogP contribution in [0.5, 0.6) is 0 Å². The van der Waals surface area contributed by atoms with Gasteiger partial charge in [-0.1, -0.05) is 241 Å². The summed E-state index contributed by atoms with van der Waals surface area (Å²) in [6.07, 6.45) is 33.6. The van der Waals surface area contributed by atoms with E-state index in [-0.39, 0.29) is 25.7 Å². The lowest BCUT2D eigenvalue weighted by Crippen LogP contribution is -2.30. The van der Waals surface area contributed by atoms with Crippen LogP contribution < -0.4 is 0 Å². The number of phosphoric acid groups is 2. The predicted molar refractivity (Wildman–Crippen MR) is 312 cm³/mol. The van der Waals surface area contributed by atoms with Crippen LogP contribution in [0.15, 0.2) is 0 Å². The summed E-state index contributed by atoms with van der Waals surface area (Å²) in [4.78, 5) is 71.8. The second-order valence-corrected chi connectivity index (χ2v) is 25.4. The molecule has 0 aliphatic carbocycles. The molecule has 3 N–H and O–H groups in total. The van der Waals surface area contributed by atoms with E-state index in [4.69, 9.17) is 37.0 Å². The van der Waals surface area contributed by atoms with Gasteiger partial charge in [-0.15, -0.1) is 0 Å². The number of hydrogen-bond acceptors (Lipinski definition) is 15. The maximum absolute atomic E-state index is 12.9. The SMILES string of the molecule is CCCCCCCCCCC(=O)O[C@H](COC(=O)CCCCCCCCC)COP(=O)(O)OC[C@H](O)COP(=O)(O)OC[C@@H](COC(=O)CCCCCCCCCC(C)C)OC(=O)CCCCCCCCCCCCC(C)CC. The molecule has 0 aromatic carbocycles. The number of phosphoric ester groups is 2. The lowest BCUT2D eigenvalue weighted by atomic mass is 9.99. The summed E-state index contributed by atoms with van der Waals surface area (Å²) in [6.45, 7) is 9.36. The fraction of sp³-hybridized carbons (Fsp3) is 0.933. The summed E-state index contributed by atoms with van der Waals surface area (Å²) >= 11 is 0. The smallest absolute Gasteiger partial charge is 0.462 e. The average Bonchev–Trinajstić information content (AvgIpc) is 3.41. The molecule has 0 rings (SSSR count). The van der Waals surface area contributed by atoms with Crippen LogP contribution in [0.2, 0.25) is 0 Å². The van der Waals surface area contributed by atoms with Crippen molar-refractivity contribution in [2.45, 2.75) is 310 Å². The Hall–Kier alpha value is -1.94. The first kappa shape index (κ1) is 77.1. The zero-order valence-corrected chi connectivity index (χ0v) is 52.4. The number of hydrogen-bond donors (Lipinski definition) is 3. The summed E-state index contributed by atoms with van der Waals surface area (Å²) in [6, 6.07) is 0. The molecule has 0 aliphatic heterocycles. The predicted octanol–water partition coefficient (Wildman–Crippen LogP) is 16.1. The largest absolute Gasteiger partial charge is 0.472 e. The van der Waals surface area contributed by atoms with Gasteiger partial charge in [0.1, 0.15) is 19.3 Å². The van der Waals surface area contributed by atoms with Crippen molar-refractivity contribution in [2.75, 3.05) is 39.6 Å². The maximum atomic E-state index is 12.9. The van der Waals surface area contributed by atoms with Crippen molar-refractivity contribution >= 4 is 39.5 Å². The minimum Gasteiger partial charge on any atom is -0.462 e. The number of aliphatic hydroxyl groups is 1. The molecule has 3 unspecified atom stereocenters. The van der Waals surface area contributed by atoms with Gasteiger partial charge in [0.15, 0.2) is 12.2 Å². The van der Waals surface area contributed by atoms with Gasteiger partial charge in [-0.05, 0) is 37.5 Å². The number of carbonyl (C=O) groups is 4. The summed E-state index contributed by atoms with van der Waals surface area (Å²) < 4.78 is 67.7. The van der Waals surface area contributed by atoms with Gasteiger partial charge >= 0.3 is 39.5 Å². The third kappa shape index (κ3) is 53.8. The topological polar surface area (TPSA) is 237 Å². The van der Waals surface area contributed by atoms with E-state index in [1.807, 2.05) is 0 Å². The molecule has 17 nitrogen and oxygen atoms in total. The van der Waals surface area contributed by atoms with Crippen molar-refractivity contribution in [3.05, 3.63) is 0 Å². The molecular weight excluding hydrogens is 1050 g/mol. The molecule has 19 heteroatoms. The van der Waals surface area contributed by atoms with E-state index in [9.17, 15) is 43.2 Å². The second kappa shape index (κ2) is 52.8. The molecule has 0 aromatic heterocycles. The van der Waals surface area contributed by atoms with Gasteiger partial charge < -0.3 is 33.8 Å². The molecule has 0 aliphatic rings. The molecular formula is C60H116O17P2. The average molecular weight is 1170 g/mol. The summed E-state index contributed by atoms with van der Waals surface area (Å²) in [7, 11) is -9.87. The van der Waals surface area contributed by atoms with Crippen molar-refractivity contribution in [3.63, 3.8) is 0 Å². The van der Waals surface area contributed by atoms with Gasteiger partial charge in [-0.25, -0.2) is 9.13 Å². The van der Waals surface area contributed by atoms with Crippen LogP contribution >= 0.6 is 15.6 Å². The van der Waals surface area contributed by atoms with Gasteiger partial charge in [0.25, 0.3) is 0 Å². The molecule has 6 atom stereocenters. The molecule has 0 spiro atoms. The minimum absolute atomic E-state index is 0.104. The molecule has 468 valence electrons. The highest BCUT2D eigenvalue weighted by Gasteiger charge is 2.30. The number of unbranched alkanes of at least 4 members (excludes halogenated alkanes) is 28. The number of ether oxygens (including phenoxy) is 4. The monoisotopic (exact) mass is 1170 g/mol. The van der Waals surface area contributed by atoms with Gasteiger partial charge in [-0.2, -0.15) is 0 Å². The summed E-state index contributed by atoms with van der Waals surface area (Å²) in [5.74, 6) is -0.639. The highest BCUT2D eigenvalue weighted by atomic mass is 31.2. The van der Waals surface area contributed by atoms with Crippen molar-refractivity contribution in [1.82, 2.24) is 0 Å². The lowest BCUT2D eigenvalue weighted by Gasteiger charge is -2.21. The van der Waals surface area contributed by atoms with E-state index in [0.29, 0.717) is 31.6 Å². The Balaban J connectivity index is 5.21. The zero-order valence-electron chi connectivity index (χ0n) is 50.7. The Labute approximate surface area is 479 Å². The van der Waals surface area contributed by atoms with Gasteiger partial charge in [0.2, 0.25) is 0 Å². The molecule has 0 saturated carbocycles. The van der Waals surface area contributed by atoms with E-state index in [2.05, 4.69) is 41.5 Å². The van der Waals surface area contributed by atoms with Crippen LogP contribution in [0.3, 0.4) is 0 Å². The molecule has 0 aromatic rings. The fourth-order valence-corrected chi connectivity index (χ4v) is 10.4. The second-order valence-electron chi connectivity index (χ2n) is 22.5. The third-order valence-electron chi connectivity index (χ3n) is 14.1. The number of carbonyl (C=O) groups excluding carboxylic acids is 4. The van der Waals surface area contributed by atoms with Gasteiger partial charge in [0, 0.05) is 25.7 Å². The van der Waals surface area contributed by atoms with Crippen molar-refractivity contribution < 1.29 is 80.2 Å². The number of aliphatic hydroxyl groups excluding tert-OH is 1. The molecule has 0 heterocycles. The quantitative estimate of drug-likeness (QED) is 0.0222. The van der Waals surface area contributed by atoms with Crippen molar-refractivity contribution in [2.24, 2.45) is 11.8 Å². The zero-order chi connectivity index (χ0) is 58.7. The van der Waals surface area contributed by atoms with Gasteiger partial charge in [0.05, 0.1) is 26.4 Å². The highest BCUT2D eigenvalue weighted by molar-refractivity contribution is 7.47. The van der Waals surface area contributed by atoms with Crippen molar-refractivity contribution in [3.8, 4) is 0 Å². The lowest BCUT2D eigenvalue weighted by molar-refractivity contribution is -0.161. The van der Waals surface area contributed by atoms with E-state index < -0.39 is 97.5 Å². The Morgan fingerprint density at radius 3 is 0.962 bits per heavy atom. The first-order valence-electron chi connectivity index (χ1n) is 31.5. The van der Waals surface area contributed by atoms with Crippen LogP contribution in [-0.2, 0) is 65.4 Å². The molecule has 0 saturated heterocycles. The van der Waals surface area contributed by atoms with Crippen LogP contribution in [0.25, 0.3) is 0 Å². The van der Waals surface area contributed by atoms with E-state index >= 15 is 0 Å². The number of esters is 4. The first-order chi connectivity index (χ1) is 37.9. The molecule has 0 amide bonds.